The molecule has 4 aromatic heterocycles. The molecule has 0 aliphatic rings. The Balaban J connectivity index is 0.000000236. The van der Waals surface area contributed by atoms with Crippen LogP contribution in [0.15, 0.2) is 79.1 Å². The fraction of sp³-hybridized carbons (Fsp3) is 0.129. The van der Waals surface area contributed by atoms with E-state index in [0.717, 1.165) is 17.0 Å². The molecule has 5 heteroatoms. The summed E-state index contributed by atoms with van der Waals surface area (Å²) in [5, 5.41) is 1.57. The van der Waals surface area contributed by atoms with E-state index in [1.165, 1.54) is 41.8 Å². The summed E-state index contributed by atoms with van der Waals surface area (Å²) in [7, 11) is 0. The monoisotopic (exact) mass is 678 g/mol. The normalized spacial score (nSPS) is 17.7. The molecule has 3 nitrogen and oxygen atoms in total. The minimum absolute atomic E-state index is 0. The molecule has 0 bridgehead atoms. The van der Waals surface area contributed by atoms with Crippen molar-refractivity contribution < 1.29 is 39.3 Å². The van der Waals surface area contributed by atoms with E-state index in [9.17, 15) is 0 Å². The SMILES string of the molecule is [2H]C([2H])([2H])c1c[c-]c(-c2ccc(C([2H])([2H])[2H])cn2)cc1.[2H]c1c(C([2H])([2H])[2H])cnc(-c2[c-]ccc3c2sc2nc(C([2H])([2H])[2H])ccc23)c1[2H].[Ir]. The van der Waals surface area contributed by atoms with Crippen LogP contribution in [0.1, 0.15) is 41.6 Å². The van der Waals surface area contributed by atoms with Crippen molar-refractivity contribution >= 4 is 31.6 Å². The average molecular weight is 678 g/mol. The van der Waals surface area contributed by atoms with Gasteiger partial charge in [-0.15, -0.1) is 59.2 Å². The molecule has 1 radical (unpaired) electrons. The number of hydrogen-bond acceptors (Lipinski definition) is 4. The maximum Gasteiger partial charge on any atom is 0.113 e. The van der Waals surface area contributed by atoms with E-state index in [1.54, 1.807) is 24.3 Å². The van der Waals surface area contributed by atoms with Crippen molar-refractivity contribution in [3.8, 4) is 22.5 Å². The number of aromatic nitrogens is 3. The standard InChI is InChI=1S/C18H13N2S.C13H12N.Ir/c1-11-6-9-16(19-10-11)15-5-3-4-13-14-8-7-12(2)20-18(14)21-17(13)15;1-10-3-6-12(7-4-10)13-8-5-11(2)9-14-13;/h3-4,6-10H,1-2H3;3-6,8-9H,1-2H3;/q2*-1;/i1D3,2D3,6D,9D;1D3,2D3;. The third-order valence-corrected chi connectivity index (χ3v) is 6.16. The van der Waals surface area contributed by atoms with Gasteiger partial charge in [0.15, 0.2) is 0 Å². The molecule has 0 aliphatic carbocycles. The summed E-state index contributed by atoms with van der Waals surface area (Å²) >= 11 is 1.25. The molecule has 0 spiro atoms. The summed E-state index contributed by atoms with van der Waals surface area (Å²) in [5.41, 5.74) is 1.87. The van der Waals surface area contributed by atoms with E-state index in [2.05, 4.69) is 27.1 Å². The maximum absolute atomic E-state index is 8.27. The Labute approximate surface area is 249 Å². The van der Waals surface area contributed by atoms with E-state index in [1.807, 2.05) is 6.07 Å². The molecule has 0 N–H and O–H groups in total. The molecule has 6 aromatic rings. The smallest absolute Gasteiger partial charge is 0.113 e. The van der Waals surface area contributed by atoms with Gasteiger partial charge >= 0.3 is 0 Å². The Morgan fingerprint density at radius 1 is 0.778 bits per heavy atom. The number of benzene rings is 2. The van der Waals surface area contributed by atoms with Crippen molar-refractivity contribution in [3.63, 3.8) is 0 Å². The van der Waals surface area contributed by atoms with Crippen LogP contribution in [0, 0.1) is 39.5 Å². The van der Waals surface area contributed by atoms with E-state index in [0.29, 0.717) is 26.4 Å². The fourth-order valence-electron chi connectivity index (χ4n) is 3.38. The molecule has 0 saturated heterocycles. The number of aryl methyl sites for hydroxylation is 4. The number of hydrogen-bond donors (Lipinski definition) is 0. The van der Waals surface area contributed by atoms with E-state index >= 15 is 0 Å². The first-order valence-corrected chi connectivity index (χ1v) is 11.2. The summed E-state index contributed by atoms with van der Waals surface area (Å²) < 4.78 is 106. The molecule has 0 aliphatic heterocycles. The molecule has 36 heavy (non-hydrogen) atoms. The summed E-state index contributed by atoms with van der Waals surface area (Å²) in [6, 6.07) is 19.4. The molecule has 2 aromatic carbocycles. The van der Waals surface area contributed by atoms with Crippen molar-refractivity contribution in [2.75, 3.05) is 0 Å². The number of nitrogens with zero attached hydrogens (tertiary/aromatic N) is 3. The van der Waals surface area contributed by atoms with Gasteiger partial charge in [-0.05, 0) is 59.2 Å². The van der Waals surface area contributed by atoms with E-state index < -0.39 is 33.4 Å². The topological polar surface area (TPSA) is 38.7 Å². The van der Waals surface area contributed by atoms with Gasteiger partial charge in [-0.25, -0.2) is 4.98 Å². The number of rotatable bonds is 2. The van der Waals surface area contributed by atoms with Crippen molar-refractivity contribution in [2.45, 2.75) is 27.4 Å². The van der Waals surface area contributed by atoms with Crippen LogP contribution < -0.4 is 0 Å². The van der Waals surface area contributed by atoms with E-state index in [4.69, 9.17) is 19.2 Å². The predicted octanol–water partition coefficient (Wildman–Crippen LogP) is 8.09. The third kappa shape index (κ3) is 5.60. The van der Waals surface area contributed by atoms with Gasteiger partial charge in [-0.3, -0.25) is 0 Å². The molecule has 0 fully saturated rings. The molecular formula is C31H25IrN3S-2. The van der Waals surface area contributed by atoms with Gasteiger partial charge in [0, 0.05) is 54.6 Å². The molecular weight excluding hydrogens is 639 g/mol. The number of fused-ring (bicyclic) bond motifs is 3. The molecule has 0 atom stereocenters. The quantitative estimate of drug-likeness (QED) is 0.174. The number of thiophene rings is 1. The number of pyridine rings is 3. The first-order valence-electron chi connectivity index (χ1n) is 17.4. The van der Waals surface area contributed by atoms with Gasteiger partial charge in [0.05, 0.1) is 2.74 Å². The van der Waals surface area contributed by atoms with Crippen LogP contribution in [0.25, 0.3) is 42.8 Å². The second-order valence-corrected chi connectivity index (χ2v) is 8.44. The zero-order chi connectivity index (χ0) is 36.1. The molecule has 181 valence electrons. The summed E-state index contributed by atoms with van der Waals surface area (Å²) in [6.45, 7) is -9.18. The summed E-state index contributed by atoms with van der Waals surface area (Å²) in [5.74, 6) is 0. The van der Waals surface area contributed by atoms with Crippen molar-refractivity contribution in [3.05, 3.63) is 114 Å². The molecule has 4 heterocycles. The molecule has 6 rings (SSSR count). The van der Waals surface area contributed by atoms with Gasteiger partial charge in [-0.1, -0.05) is 42.5 Å². The Bertz CT molecular complexity index is 2080. The van der Waals surface area contributed by atoms with Gasteiger partial charge < -0.3 is 9.97 Å². The van der Waals surface area contributed by atoms with Crippen LogP contribution in [0.4, 0.5) is 0 Å². The van der Waals surface area contributed by atoms with Crippen molar-refractivity contribution in [1.29, 1.82) is 0 Å². The minimum atomic E-state index is -2.53. The van der Waals surface area contributed by atoms with Crippen LogP contribution >= 0.6 is 11.3 Å². The maximum atomic E-state index is 8.27. The second-order valence-electron chi connectivity index (χ2n) is 7.44. The van der Waals surface area contributed by atoms with Gasteiger partial charge in [-0.2, -0.15) is 11.3 Å². The van der Waals surface area contributed by atoms with Crippen LogP contribution in [-0.2, 0) is 20.1 Å². The van der Waals surface area contributed by atoms with Crippen LogP contribution in [0.5, 0.6) is 0 Å². The minimum Gasteiger partial charge on any atom is -0.304 e. The van der Waals surface area contributed by atoms with Crippen LogP contribution in [0.3, 0.4) is 0 Å². The van der Waals surface area contributed by atoms with Gasteiger partial charge in [0.2, 0.25) is 0 Å². The summed E-state index contributed by atoms with van der Waals surface area (Å²) in [6.07, 6.45) is 2.40. The Hall–Kier alpha value is -3.24. The zero-order valence-electron chi connectivity index (χ0n) is 32.4. The first-order chi connectivity index (χ1) is 22.7. The van der Waals surface area contributed by atoms with Crippen molar-refractivity contribution in [1.82, 2.24) is 15.0 Å². The summed E-state index contributed by atoms with van der Waals surface area (Å²) in [4.78, 5) is 13.0. The first kappa shape index (κ1) is 13.3. The molecule has 0 unspecified atom stereocenters. The van der Waals surface area contributed by atoms with Crippen molar-refractivity contribution in [2.24, 2.45) is 0 Å². The van der Waals surface area contributed by atoms with Gasteiger partial charge in [0.25, 0.3) is 0 Å². The third-order valence-electron chi connectivity index (χ3n) is 5.03. The van der Waals surface area contributed by atoms with Crippen LogP contribution in [-0.4, -0.2) is 15.0 Å². The predicted molar refractivity (Wildman–Crippen MR) is 147 cm³/mol. The molecule has 0 amide bonds. The fourth-order valence-corrected chi connectivity index (χ4v) is 4.55. The Morgan fingerprint density at radius 2 is 1.61 bits per heavy atom. The Kier molecular flexibility index (Phi) is 4.16. The second kappa shape index (κ2) is 11.2. The van der Waals surface area contributed by atoms with Crippen LogP contribution in [0.2, 0.25) is 0 Å². The molecule has 0 saturated carbocycles. The van der Waals surface area contributed by atoms with Gasteiger partial charge in [0.1, 0.15) is 4.83 Å². The average Bonchev–Trinajstić information content (AvgIpc) is 3.39. The zero-order valence-corrected chi connectivity index (χ0v) is 21.6. The van der Waals surface area contributed by atoms with E-state index in [-0.39, 0.29) is 54.2 Å². The largest absolute Gasteiger partial charge is 0.304 e. The Morgan fingerprint density at radius 3 is 2.36 bits per heavy atom.